The van der Waals surface area contributed by atoms with E-state index in [9.17, 15) is 22.4 Å². The zero-order valence-corrected chi connectivity index (χ0v) is 25.2. The van der Waals surface area contributed by atoms with Crippen molar-refractivity contribution < 1.29 is 22.4 Å². The lowest BCUT2D eigenvalue weighted by Gasteiger charge is -2.33. The second-order valence-electron chi connectivity index (χ2n) is 10.5. The number of hydrogen-bond acceptors (Lipinski definition) is 4. The smallest absolute Gasteiger partial charge is 0.264 e. The SMILES string of the molecule is Cc1ccc(S(=O)(=O)N(CC(=O)N(Cc2ccc(F)cc2)C(C)C(=O)NC(C)(C)C)c2cc(Cl)cc(Cl)c2)cc1. The fraction of sp³-hybridized carbons (Fsp3) is 0.310. The van der Waals surface area contributed by atoms with Crippen LogP contribution in [0.3, 0.4) is 0 Å². The Morgan fingerprint density at radius 3 is 2.02 bits per heavy atom. The van der Waals surface area contributed by atoms with E-state index < -0.39 is 45.8 Å². The molecule has 214 valence electrons. The van der Waals surface area contributed by atoms with Crippen LogP contribution < -0.4 is 9.62 Å². The van der Waals surface area contributed by atoms with Crippen molar-refractivity contribution in [3.63, 3.8) is 0 Å². The van der Waals surface area contributed by atoms with Gasteiger partial charge in [0.25, 0.3) is 10.0 Å². The fourth-order valence-corrected chi connectivity index (χ4v) is 5.81. The van der Waals surface area contributed by atoms with Crippen LogP contribution in [-0.2, 0) is 26.2 Å². The van der Waals surface area contributed by atoms with Gasteiger partial charge in [0.05, 0.1) is 10.6 Å². The summed E-state index contributed by atoms with van der Waals surface area (Å²) in [4.78, 5) is 28.2. The summed E-state index contributed by atoms with van der Waals surface area (Å²) in [5.41, 5.74) is 0.925. The third-order valence-corrected chi connectivity index (χ3v) is 8.18. The van der Waals surface area contributed by atoms with Crippen LogP contribution in [0, 0.1) is 12.7 Å². The highest BCUT2D eigenvalue weighted by Gasteiger charge is 2.33. The van der Waals surface area contributed by atoms with Gasteiger partial charge in [-0.1, -0.05) is 53.0 Å². The molecular weight excluding hydrogens is 576 g/mol. The first kappa shape index (κ1) is 31.4. The number of halogens is 3. The number of nitrogens with zero attached hydrogens (tertiary/aromatic N) is 2. The van der Waals surface area contributed by atoms with Crippen molar-refractivity contribution in [3.8, 4) is 0 Å². The van der Waals surface area contributed by atoms with Gasteiger partial charge in [-0.3, -0.25) is 13.9 Å². The fourth-order valence-electron chi connectivity index (χ4n) is 3.89. The van der Waals surface area contributed by atoms with Gasteiger partial charge in [0.2, 0.25) is 11.8 Å². The number of aryl methyl sites for hydroxylation is 1. The summed E-state index contributed by atoms with van der Waals surface area (Å²) in [6.07, 6.45) is 0. The van der Waals surface area contributed by atoms with E-state index in [2.05, 4.69) is 5.32 Å². The van der Waals surface area contributed by atoms with Crippen LogP contribution >= 0.6 is 23.2 Å². The summed E-state index contributed by atoms with van der Waals surface area (Å²) in [7, 11) is -4.27. The van der Waals surface area contributed by atoms with E-state index >= 15 is 0 Å². The summed E-state index contributed by atoms with van der Waals surface area (Å²) in [5, 5.41) is 3.21. The Labute approximate surface area is 244 Å². The highest BCUT2D eigenvalue weighted by atomic mass is 35.5. The van der Waals surface area contributed by atoms with Gasteiger partial charge >= 0.3 is 0 Å². The highest BCUT2D eigenvalue weighted by molar-refractivity contribution is 7.92. The van der Waals surface area contributed by atoms with E-state index in [1.165, 1.54) is 59.5 Å². The van der Waals surface area contributed by atoms with Crippen LogP contribution in [0.1, 0.15) is 38.8 Å². The summed E-state index contributed by atoms with van der Waals surface area (Å²) in [5.74, 6) is -1.54. The number of rotatable bonds is 9. The van der Waals surface area contributed by atoms with Gasteiger partial charge in [-0.05, 0) is 82.6 Å². The molecule has 0 aliphatic rings. The van der Waals surface area contributed by atoms with E-state index in [0.29, 0.717) is 5.56 Å². The molecule has 0 aromatic heterocycles. The number of anilines is 1. The van der Waals surface area contributed by atoms with Crippen molar-refractivity contribution in [3.05, 3.63) is 93.7 Å². The molecule has 11 heteroatoms. The van der Waals surface area contributed by atoms with Crippen LogP contribution in [0.2, 0.25) is 10.0 Å². The van der Waals surface area contributed by atoms with Gasteiger partial charge in [-0.15, -0.1) is 0 Å². The minimum atomic E-state index is -4.27. The molecule has 0 aliphatic heterocycles. The second kappa shape index (κ2) is 12.6. The first-order chi connectivity index (χ1) is 18.6. The summed E-state index contributed by atoms with van der Waals surface area (Å²) in [6.45, 7) is 8.09. The molecule has 0 radical (unpaired) electrons. The van der Waals surface area contributed by atoms with Crippen LogP contribution in [-0.4, -0.2) is 43.3 Å². The molecule has 0 spiro atoms. The van der Waals surface area contributed by atoms with Crippen LogP contribution in [0.25, 0.3) is 0 Å². The molecule has 1 N–H and O–H groups in total. The zero-order chi connectivity index (χ0) is 29.8. The summed E-state index contributed by atoms with van der Waals surface area (Å²) in [6, 6.07) is 15.0. The maximum Gasteiger partial charge on any atom is 0.264 e. The molecule has 2 amide bonds. The third kappa shape index (κ3) is 8.19. The lowest BCUT2D eigenvalue weighted by atomic mass is 10.1. The van der Waals surface area contributed by atoms with E-state index in [-0.39, 0.29) is 27.2 Å². The van der Waals surface area contributed by atoms with E-state index in [1.54, 1.807) is 19.1 Å². The number of benzene rings is 3. The van der Waals surface area contributed by atoms with Gasteiger partial charge in [-0.2, -0.15) is 0 Å². The highest BCUT2D eigenvalue weighted by Crippen LogP contribution is 2.30. The van der Waals surface area contributed by atoms with E-state index in [0.717, 1.165) is 9.87 Å². The lowest BCUT2D eigenvalue weighted by Crippen LogP contribution is -2.54. The summed E-state index contributed by atoms with van der Waals surface area (Å²) >= 11 is 12.4. The molecule has 3 rings (SSSR count). The minimum Gasteiger partial charge on any atom is -0.350 e. The Kier molecular flexibility index (Phi) is 9.87. The first-order valence-corrected chi connectivity index (χ1v) is 14.7. The molecule has 0 saturated heterocycles. The van der Waals surface area contributed by atoms with Crippen molar-refractivity contribution in [2.45, 2.75) is 57.6 Å². The van der Waals surface area contributed by atoms with E-state index in [1.807, 2.05) is 27.7 Å². The van der Waals surface area contributed by atoms with Crippen molar-refractivity contribution >= 4 is 50.7 Å². The molecule has 1 atom stereocenters. The van der Waals surface area contributed by atoms with Gasteiger partial charge in [0.1, 0.15) is 18.4 Å². The Morgan fingerprint density at radius 2 is 1.50 bits per heavy atom. The number of amides is 2. The van der Waals surface area contributed by atoms with Crippen LogP contribution in [0.15, 0.2) is 71.6 Å². The number of carbonyl (C=O) groups is 2. The molecular formula is C29H32Cl2FN3O4S. The molecule has 3 aromatic carbocycles. The lowest BCUT2D eigenvalue weighted by molar-refractivity contribution is -0.140. The maximum atomic E-state index is 13.9. The zero-order valence-electron chi connectivity index (χ0n) is 22.9. The average molecular weight is 609 g/mol. The van der Waals surface area contributed by atoms with Crippen molar-refractivity contribution in [1.82, 2.24) is 10.2 Å². The number of sulfonamides is 1. The molecule has 0 aliphatic carbocycles. The Hall–Kier alpha value is -3.14. The van der Waals surface area contributed by atoms with Crippen LogP contribution in [0.5, 0.6) is 0 Å². The average Bonchev–Trinajstić information content (AvgIpc) is 2.85. The summed E-state index contributed by atoms with van der Waals surface area (Å²) < 4.78 is 42.2. The van der Waals surface area contributed by atoms with Crippen LogP contribution in [0.4, 0.5) is 10.1 Å². The Bertz CT molecular complexity index is 1450. The van der Waals surface area contributed by atoms with Crippen molar-refractivity contribution in [2.24, 2.45) is 0 Å². The maximum absolute atomic E-state index is 13.9. The molecule has 0 saturated carbocycles. The largest absolute Gasteiger partial charge is 0.350 e. The monoisotopic (exact) mass is 607 g/mol. The first-order valence-electron chi connectivity index (χ1n) is 12.5. The van der Waals surface area contributed by atoms with Gasteiger partial charge < -0.3 is 10.2 Å². The Balaban J connectivity index is 2.07. The molecule has 1 unspecified atom stereocenters. The predicted molar refractivity (Wildman–Crippen MR) is 156 cm³/mol. The molecule has 0 fully saturated rings. The number of hydrogen-bond donors (Lipinski definition) is 1. The quantitative estimate of drug-likeness (QED) is 0.325. The van der Waals surface area contributed by atoms with Crippen molar-refractivity contribution in [1.29, 1.82) is 0 Å². The van der Waals surface area contributed by atoms with Crippen molar-refractivity contribution in [2.75, 3.05) is 10.8 Å². The molecule has 3 aromatic rings. The number of nitrogens with one attached hydrogen (secondary N) is 1. The van der Waals surface area contributed by atoms with Gasteiger partial charge in [-0.25, -0.2) is 12.8 Å². The normalized spacial score (nSPS) is 12.5. The van der Waals surface area contributed by atoms with Gasteiger partial charge in [0.15, 0.2) is 0 Å². The van der Waals surface area contributed by atoms with E-state index in [4.69, 9.17) is 23.2 Å². The van der Waals surface area contributed by atoms with Gasteiger partial charge in [0, 0.05) is 22.1 Å². The third-order valence-electron chi connectivity index (χ3n) is 5.95. The molecule has 0 heterocycles. The topological polar surface area (TPSA) is 86.8 Å². The minimum absolute atomic E-state index is 0.0365. The molecule has 0 bridgehead atoms. The molecule has 7 nitrogen and oxygen atoms in total. The predicted octanol–water partition coefficient (Wildman–Crippen LogP) is 5.97. The molecule has 40 heavy (non-hydrogen) atoms. The second-order valence-corrected chi connectivity index (χ2v) is 13.3. The number of carbonyl (C=O) groups excluding carboxylic acids is 2. The standard InChI is InChI=1S/C29H32Cl2FN3O4S/c1-19-6-12-26(13-7-19)40(38,39)35(25-15-22(30)14-23(31)16-25)18-27(36)34(17-21-8-10-24(32)11-9-21)20(2)28(37)33-29(3,4)5/h6-16,20H,17-18H2,1-5H3,(H,33,37). The Morgan fingerprint density at radius 1 is 0.950 bits per heavy atom.